The molecule has 0 saturated heterocycles. The minimum absolute atomic E-state index is 0.123. The van der Waals surface area contributed by atoms with E-state index in [0.717, 1.165) is 37.5 Å². The average Bonchev–Trinajstić information content (AvgIpc) is 3.36. The standard InChI is InChI=1S/C23H26N2O6/c1-12-2-3-13-10-20(22-15-5-4-14(7-15)21(22)19(13)6-12)31-23(26)16-8-17(24(27)28)11-18(9-16)25(29)30/h6,8-9,11,13-15,19-22H,2-5,7,10H2,1H3/t13-,14+,15+,19-,20+,21+,22+/m1/s1. The number of carbonyl (C=O) groups excluding carboxylic acids is 1. The van der Waals surface area contributed by atoms with Crippen molar-refractivity contribution in [2.75, 3.05) is 0 Å². The Morgan fingerprint density at radius 2 is 1.58 bits per heavy atom. The fourth-order valence-electron chi connectivity index (χ4n) is 7.07. The number of hydrogen-bond donors (Lipinski definition) is 0. The van der Waals surface area contributed by atoms with E-state index in [1.807, 2.05) is 0 Å². The van der Waals surface area contributed by atoms with E-state index in [0.29, 0.717) is 35.5 Å². The molecule has 0 N–H and O–H groups in total. The summed E-state index contributed by atoms with van der Waals surface area (Å²) >= 11 is 0. The van der Waals surface area contributed by atoms with Crippen LogP contribution in [0.5, 0.6) is 0 Å². The molecule has 5 rings (SSSR count). The molecule has 0 amide bonds. The lowest BCUT2D eigenvalue weighted by molar-refractivity contribution is -0.394. The molecule has 4 aliphatic rings. The van der Waals surface area contributed by atoms with Gasteiger partial charge in [0.05, 0.1) is 21.5 Å². The molecule has 164 valence electrons. The van der Waals surface area contributed by atoms with Crippen molar-refractivity contribution < 1.29 is 19.4 Å². The van der Waals surface area contributed by atoms with Gasteiger partial charge in [-0.25, -0.2) is 4.79 Å². The van der Waals surface area contributed by atoms with E-state index in [4.69, 9.17) is 4.74 Å². The van der Waals surface area contributed by atoms with Crippen LogP contribution in [0.2, 0.25) is 0 Å². The number of esters is 1. The highest BCUT2D eigenvalue weighted by Gasteiger charge is 2.58. The lowest BCUT2D eigenvalue weighted by atomic mass is 9.58. The Labute approximate surface area is 180 Å². The Morgan fingerprint density at radius 1 is 0.935 bits per heavy atom. The van der Waals surface area contributed by atoms with Crippen LogP contribution in [0, 0.1) is 55.7 Å². The molecule has 0 aromatic heterocycles. The van der Waals surface area contributed by atoms with Crippen LogP contribution >= 0.6 is 0 Å². The average molecular weight is 426 g/mol. The van der Waals surface area contributed by atoms with Crippen LogP contribution in [0.1, 0.15) is 55.8 Å². The minimum atomic E-state index is -0.725. The van der Waals surface area contributed by atoms with Gasteiger partial charge < -0.3 is 4.74 Å². The summed E-state index contributed by atoms with van der Waals surface area (Å²) in [5.41, 5.74) is 0.385. The number of nitro groups is 2. The Bertz CT molecular complexity index is 956. The van der Waals surface area contributed by atoms with Gasteiger partial charge in [-0.1, -0.05) is 11.6 Å². The third kappa shape index (κ3) is 3.42. The highest BCUT2D eigenvalue weighted by molar-refractivity contribution is 5.91. The Hall–Kier alpha value is -2.77. The summed E-state index contributed by atoms with van der Waals surface area (Å²) < 4.78 is 5.98. The summed E-state index contributed by atoms with van der Waals surface area (Å²) in [6, 6.07) is 3.02. The normalized spacial score (nSPS) is 35.6. The molecule has 0 unspecified atom stereocenters. The Balaban J connectivity index is 1.43. The third-order valence-corrected chi connectivity index (χ3v) is 8.20. The maximum atomic E-state index is 13.0. The van der Waals surface area contributed by atoms with Gasteiger partial charge in [-0.05, 0) is 75.0 Å². The van der Waals surface area contributed by atoms with E-state index < -0.39 is 27.2 Å². The van der Waals surface area contributed by atoms with Gasteiger partial charge >= 0.3 is 5.97 Å². The number of ether oxygens (including phenoxy) is 1. The molecule has 0 heterocycles. The van der Waals surface area contributed by atoms with Crippen LogP contribution in [0.4, 0.5) is 11.4 Å². The third-order valence-electron chi connectivity index (χ3n) is 8.20. The predicted octanol–water partition coefficient (Wildman–Crippen LogP) is 5.07. The van der Waals surface area contributed by atoms with E-state index in [1.165, 1.54) is 24.8 Å². The largest absolute Gasteiger partial charge is 0.458 e. The van der Waals surface area contributed by atoms with Crippen molar-refractivity contribution in [3.63, 3.8) is 0 Å². The quantitative estimate of drug-likeness (QED) is 0.288. The van der Waals surface area contributed by atoms with E-state index in [9.17, 15) is 25.0 Å². The molecule has 0 aliphatic heterocycles. The fraction of sp³-hybridized carbons (Fsp3) is 0.609. The first kappa shape index (κ1) is 20.2. The van der Waals surface area contributed by atoms with Crippen molar-refractivity contribution in [3.05, 3.63) is 55.6 Å². The maximum absolute atomic E-state index is 13.0. The number of nitrogens with zero attached hydrogens (tertiary/aromatic N) is 2. The second-order valence-corrected chi connectivity index (χ2v) is 9.81. The van der Waals surface area contributed by atoms with Gasteiger partial charge in [-0.15, -0.1) is 0 Å². The number of nitro benzene ring substituents is 2. The van der Waals surface area contributed by atoms with E-state index in [1.54, 1.807) is 0 Å². The van der Waals surface area contributed by atoms with E-state index in [-0.39, 0.29) is 11.7 Å². The van der Waals surface area contributed by atoms with Gasteiger partial charge in [-0.2, -0.15) is 0 Å². The molecule has 3 fully saturated rings. The van der Waals surface area contributed by atoms with Crippen LogP contribution < -0.4 is 0 Å². The number of fused-ring (bicyclic) bond motifs is 7. The van der Waals surface area contributed by atoms with Crippen LogP contribution in [-0.4, -0.2) is 21.9 Å². The minimum Gasteiger partial charge on any atom is -0.458 e. The lowest BCUT2D eigenvalue weighted by Gasteiger charge is -2.49. The maximum Gasteiger partial charge on any atom is 0.338 e. The van der Waals surface area contributed by atoms with Crippen LogP contribution in [0.3, 0.4) is 0 Å². The zero-order chi connectivity index (χ0) is 21.9. The second-order valence-electron chi connectivity index (χ2n) is 9.81. The topological polar surface area (TPSA) is 113 Å². The van der Waals surface area contributed by atoms with Crippen molar-refractivity contribution in [1.82, 2.24) is 0 Å². The molecule has 31 heavy (non-hydrogen) atoms. The smallest absolute Gasteiger partial charge is 0.338 e. The highest BCUT2D eigenvalue weighted by Crippen LogP contribution is 2.62. The summed E-state index contributed by atoms with van der Waals surface area (Å²) in [5, 5.41) is 22.4. The molecular weight excluding hydrogens is 400 g/mol. The SMILES string of the molecule is CC1=C[C@@H]2[C@H](CC1)C[C@H](OC(=O)c1cc([N+](=O)[O-])cc([N+](=O)[O-])c1)[C@@H]1[C@H]3CC[C@@H](C3)[C@@H]21. The molecule has 1 aromatic carbocycles. The van der Waals surface area contributed by atoms with Gasteiger partial charge in [0.2, 0.25) is 0 Å². The number of benzene rings is 1. The van der Waals surface area contributed by atoms with Gasteiger partial charge in [0.25, 0.3) is 11.4 Å². The van der Waals surface area contributed by atoms with Crippen molar-refractivity contribution in [1.29, 1.82) is 0 Å². The van der Waals surface area contributed by atoms with Gasteiger partial charge in [0.1, 0.15) is 6.10 Å². The monoisotopic (exact) mass is 426 g/mol. The molecule has 0 spiro atoms. The first-order valence-electron chi connectivity index (χ1n) is 11.1. The number of allylic oxidation sites excluding steroid dienone is 2. The zero-order valence-corrected chi connectivity index (χ0v) is 17.4. The highest BCUT2D eigenvalue weighted by atomic mass is 16.6. The molecule has 1 aromatic rings. The molecular formula is C23H26N2O6. The summed E-state index contributed by atoms with van der Waals surface area (Å²) in [6.07, 6.45) is 8.84. The molecule has 0 radical (unpaired) electrons. The number of rotatable bonds is 4. The second kappa shape index (κ2) is 7.43. The van der Waals surface area contributed by atoms with Crippen LogP contribution in [-0.2, 0) is 4.74 Å². The summed E-state index contributed by atoms with van der Waals surface area (Å²) in [5.74, 6) is 2.45. The van der Waals surface area contributed by atoms with Gasteiger partial charge in [-0.3, -0.25) is 20.2 Å². The molecule has 3 saturated carbocycles. The first-order chi connectivity index (χ1) is 14.8. The van der Waals surface area contributed by atoms with E-state index in [2.05, 4.69) is 13.0 Å². The van der Waals surface area contributed by atoms with Crippen molar-refractivity contribution in [2.45, 2.75) is 51.6 Å². The molecule has 4 aliphatic carbocycles. The summed E-state index contributed by atoms with van der Waals surface area (Å²) in [6.45, 7) is 2.21. The van der Waals surface area contributed by atoms with Crippen LogP contribution in [0.25, 0.3) is 0 Å². The summed E-state index contributed by atoms with van der Waals surface area (Å²) in [4.78, 5) is 33.9. The van der Waals surface area contributed by atoms with Crippen molar-refractivity contribution in [3.8, 4) is 0 Å². The molecule has 8 nitrogen and oxygen atoms in total. The summed E-state index contributed by atoms with van der Waals surface area (Å²) in [7, 11) is 0. The molecule has 7 atom stereocenters. The number of hydrogen-bond acceptors (Lipinski definition) is 6. The van der Waals surface area contributed by atoms with Crippen molar-refractivity contribution >= 4 is 17.3 Å². The lowest BCUT2D eigenvalue weighted by Crippen LogP contribution is -2.47. The number of carbonyl (C=O) groups is 1. The fourth-order valence-corrected chi connectivity index (χ4v) is 7.07. The van der Waals surface area contributed by atoms with Crippen LogP contribution in [0.15, 0.2) is 29.8 Å². The zero-order valence-electron chi connectivity index (χ0n) is 17.4. The van der Waals surface area contributed by atoms with E-state index >= 15 is 0 Å². The molecule has 2 bridgehead atoms. The van der Waals surface area contributed by atoms with Gasteiger partial charge in [0.15, 0.2) is 0 Å². The Morgan fingerprint density at radius 3 is 2.23 bits per heavy atom. The van der Waals surface area contributed by atoms with Crippen molar-refractivity contribution in [2.24, 2.45) is 35.5 Å². The molecule has 8 heteroatoms. The predicted molar refractivity (Wildman–Crippen MR) is 111 cm³/mol. The number of non-ortho nitro benzene ring substituents is 2. The Kier molecular flexibility index (Phi) is 4.83. The van der Waals surface area contributed by atoms with Gasteiger partial charge in [0, 0.05) is 18.1 Å². The first-order valence-corrected chi connectivity index (χ1v) is 11.1.